The van der Waals surface area contributed by atoms with Crippen LogP contribution in [0.1, 0.15) is 26.5 Å². The van der Waals surface area contributed by atoms with Gasteiger partial charge in [0.15, 0.2) is 11.5 Å². The second kappa shape index (κ2) is 9.96. The smallest absolute Gasteiger partial charge is 0.324 e. The Morgan fingerprint density at radius 2 is 1.65 bits per heavy atom. The van der Waals surface area contributed by atoms with Crippen molar-refractivity contribution in [2.45, 2.75) is 26.2 Å². The van der Waals surface area contributed by atoms with Gasteiger partial charge in [-0.15, -0.1) is 0 Å². The van der Waals surface area contributed by atoms with Crippen molar-refractivity contribution in [3.05, 3.63) is 66.7 Å². The molecule has 0 atom stereocenters. The lowest BCUT2D eigenvalue weighted by atomic mass is 9.93. The van der Waals surface area contributed by atoms with Crippen LogP contribution in [-0.4, -0.2) is 45.6 Å². The third-order valence-corrected chi connectivity index (χ3v) is 6.42. The number of anilines is 4. The summed E-state index contributed by atoms with van der Waals surface area (Å²) in [7, 11) is -3.41. The number of fused-ring (bicyclic) bond motifs is 1. The Balaban J connectivity index is 1.39. The predicted molar refractivity (Wildman–Crippen MR) is 153 cm³/mol. The first-order chi connectivity index (χ1) is 18.9. The predicted octanol–water partition coefficient (Wildman–Crippen LogP) is 4.37. The fraction of sp³-hybridized carbons (Fsp3) is 0.192. The van der Waals surface area contributed by atoms with Gasteiger partial charge in [0.05, 0.1) is 17.3 Å². The number of amides is 2. The van der Waals surface area contributed by atoms with Crippen molar-refractivity contribution in [3.8, 4) is 16.9 Å². The van der Waals surface area contributed by atoms with E-state index in [9.17, 15) is 13.2 Å². The van der Waals surface area contributed by atoms with E-state index in [0.29, 0.717) is 50.9 Å². The molecule has 3 aromatic heterocycles. The van der Waals surface area contributed by atoms with E-state index in [-0.39, 0.29) is 11.2 Å². The van der Waals surface area contributed by atoms with Gasteiger partial charge in [-0.25, -0.2) is 27.9 Å². The summed E-state index contributed by atoms with van der Waals surface area (Å²) in [6, 6.07) is 15.0. The van der Waals surface area contributed by atoms with Crippen LogP contribution in [-0.2, 0) is 15.4 Å². The van der Waals surface area contributed by atoms with E-state index >= 15 is 0 Å². The van der Waals surface area contributed by atoms with Crippen LogP contribution in [0.4, 0.5) is 27.8 Å². The molecule has 2 amide bonds. The molecule has 5 rings (SSSR count). The molecule has 5 aromatic rings. The molecule has 2 aromatic carbocycles. The topological polar surface area (TPSA) is 183 Å². The normalized spacial score (nSPS) is 11.9. The minimum atomic E-state index is -3.41. The van der Waals surface area contributed by atoms with E-state index in [1.165, 1.54) is 6.33 Å². The van der Waals surface area contributed by atoms with E-state index in [1.807, 2.05) is 20.8 Å². The van der Waals surface area contributed by atoms with Crippen molar-refractivity contribution >= 4 is 50.1 Å². The van der Waals surface area contributed by atoms with Gasteiger partial charge >= 0.3 is 6.03 Å². The largest absolute Gasteiger partial charge is 0.383 e. The maximum Gasteiger partial charge on any atom is 0.324 e. The number of benzene rings is 2. The average molecular weight is 562 g/mol. The average Bonchev–Trinajstić information content (AvgIpc) is 3.50. The van der Waals surface area contributed by atoms with Gasteiger partial charge in [-0.1, -0.05) is 38.1 Å². The van der Waals surface area contributed by atoms with Crippen LogP contribution >= 0.6 is 0 Å². The van der Waals surface area contributed by atoms with Crippen molar-refractivity contribution < 1.29 is 17.7 Å². The lowest BCUT2D eigenvalue weighted by Crippen LogP contribution is -2.19. The van der Waals surface area contributed by atoms with Crippen LogP contribution in [0.3, 0.4) is 0 Å². The summed E-state index contributed by atoms with van der Waals surface area (Å²) in [6.45, 7) is 5.96. The van der Waals surface area contributed by atoms with Gasteiger partial charge in [-0.2, -0.15) is 5.10 Å². The zero-order chi connectivity index (χ0) is 28.7. The van der Waals surface area contributed by atoms with Gasteiger partial charge in [0, 0.05) is 28.4 Å². The number of aromatic nitrogens is 5. The molecule has 0 bridgehead atoms. The summed E-state index contributed by atoms with van der Waals surface area (Å²) in [4.78, 5) is 21.0. The highest BCUT2D eigenvalue weighted by Crippen LogP contribution is 2.32. The highest BCUT2D eigenvalue weighted by Gasteiger charge is 2.21. The molecule has 0 unspecified atom stereocenters. The summed E-state index contributed by atoms with van der Waals surface area (Å²) >= 11 is 0. The van der Waals surface area contributed by atoms with Crippen molar-refractivity contribution in [1.29, 1.82) is 0 Å². The second-order valence-electron chi connectivity index (χ2n) is 10.1. The number of nitrogens with two attached hydrogens (primary N) is 1. The zero-order valence-electron chi connectivity index (χ0n) is 22.1. The molecule has 0 spiro atoms. The quantitative estimate of drug-likeness (QED) is 0.234. The lowest BCUT2D eigenvalue weighted by molar-refractivity contribution is 0.262. The van der Waals surface area contributed by atoms with E-state index in [1.54, 1.807) is 59.3 Å². The number of nitrogens with one attached hydrogen (secondary N) is 3. The van der Waals surface area contributed by atoms with Crippen LogP contribution in [0.2, 0.25) is 0 Å². The number of hydrogen-bond donors (Lipinski definition) is 4. The summed E-state index contributed by atoms with van der Waals surface area (Å²) in [5, 5.41) is 14.6. The van der Waals surface area contributed by atoms with E-state index in [2.05, 4.69) is 30.5 Å². The molecule has 3 heterocycles. The number of urea groups is 1. The standard InChI is InChI=1S/C26H27N9O4S/c1-26(2,3)19-13-20(33-39-19)31-25(36)30-16-9-11-18(12-10-16)35-24-21(23(27)28-14-29-24)22(32-35)15-5-7-17(8-6-15)34-40(4,37)38/h5-14,34H,1-4H3,(H2,27,28,29)(H2,30,31,33,36). The fourth-order valence-electron chi connectivity index (χ4n) is 3.92. The van der Waals surface area contributed by atoms with E-state index in [0.717, 1.165) is 6.26 Å². The molecule has 0 aliphatic heterocycles. The SMILES string of the molecule is CC(C)(C)c1cc(NC(=O)Nc2ccc(-n3nc(-c4ccc(NS(C)(=O)=O)cc4)c4c(N)ncnc43)cc2)no1. The Morgan fingerprint density at radius 3 is 2.27 bits per heavy atom. The van der Waals surface area contributed by atoms with Crippen LogP contribution in [0.5, 0.6) is 0 Å². The van der Waals surface area contributed by atoms with Crippen LogP contribution in [0.25, 0.3) is 28.0 Å². The number of hydrogen-bond acceptors (Lipinski definition) is 9. The first-order valence-electron chi connectivity index (χ1n) is 12.1. The summed E-state index contributed by atoms with van der Waals surface area (Å²) in [6.07, 6.45) is 2.44. The Morgan fingerprint density at radius 1 is 0.975 bits per heavy atom. The van der Waals surface area contributed by atoms with Crippen LogP contribution < -0.4 is 21.1 Å². The maximum absolute atomic E-state index is 12.5. The van der Waals surface area contributed by atoms with Crippen molar-refractivity contribution in [1.82, 2.24) is 24.9 Å². The summed E-state index contributed by atoms with van der Waals surface area (Å²) < 4.78 is 32.4. The first kappa shape index (κ1) is 26.6. The van der Waals surface area contributed by atoms with Crippen LogP contribution in [0.15, 0.2) is 65.4 Å². The summed E-state index contributed by atoms with van der Waals surface area (Å²) in [5.41, 5.74) is 9.32. The minimum Gasteiger partial charge on any atom is -0.383 e. The molecule has 0 fully saturated rings. The molecule has 0 radical (unpaired) electrons. The molecule has 0 aliphatic carbocycles. The Labute approximate surface area is 229 Å². The van der Waals surface area contributed by atoms with Gasteiger partial charge in [-0.3, -0.25) is 10.0 Å². The van der Waals surface area contributed by atoms with Gasteiger partial charge in [-0.05, 0) is 36.4 Å². The Hall–Kier alpha value is -4.98. The molecule has 0 saturated heterocycles. The Kier molecular flexibility index (Phi) is 6.63. The van der Waals surface area contributed by atoms with Gasteiger partial charge < -0.3 is 15.6 Å². The maximum atomic E-state index is 12.5. The first-order valence-corrected chi connectivity index (χ1v) is 14.0. The summed E-state index contributed by atoms with van der Waals surface area (Å²) in [5.74, 6) is 1.22. The molecule has 206 valence electrons. The molecule has 0 aliphatic rings. The zero-order valence-corrected chi connectivity index (χ0v) is 22.9. The highest BCUT2D eigenvalue weighted by molar-refractivity contribution is 7.92. The molecule has 40 heavy (non-hydrogen) atoms. The number of nitrogens with zero attached hydrogens (tertiary/aromatic N) is 5. The second-order valence-corrected chi connectivity index (χ2v) is 11.9. The Bertz CT molecular complexity index is 1800. The molecule has 0 saturated carbocycles. The number of carbonyl (C=O) groups is 1. The number of carbonyl (C=O) groups excluding carboxylic acids is 1. The molecule has 5 N–H and O–H groups in total. The monoisotopic (exact) mass is 561 g/mol. The van der Waals surface area contributed by atoms with E-state index in [4.69, 9.17) is 15.4 Å². The highest BCUT2D eigenvalue weighted by atomic mass is 32.2. The van der Waals surface area contributed by atoms with Crippen molar-refractivity contribution in [2.75, 3.05) is 27.3 Å². The van der Waals surface area contributed by atoms with Crippen molar-refractivity contribution in [2.24, 2.45) is 0 Å². The molecular weight excluding hydrogens is 534 g/mol. The minimum absolute atomic E-state index is 0.232. The fourth-order valence-corrected chi connectivity index (χ4v) is 4.48. The third kappa shape index (κ3) is 5.71. The number of sulfonamides is 1. The molecular formula is C26H27N9O4S. The van der Waals surface area contributed by atoms with Crippen molar-refractivity contribution in [3.63, 3.8) is 0 Å². The molecule has 14 heteroatoms. The lowest BCUT2D eigenvalue weighted by Gasteiger charge is -2.12. The third-order valence-electron chi connectivity index (χ3n) is 5.82. The van der Waals surface area contributed by atoms with Gasteiger partial charge in [0.25, 0.3) is 0 Å². The number of rotatable bonds is 6. The number of nitrogen functional groups attached to an aromatic ring is 1. The van der Waals surface area contributed by atoms with E-state index < -0.39 is 16.1 Å². The molecule has 13 nitrogen and oxygen atoms in total. The van der Waals surface area contributed by atoms with Gasteiger partial charge in [0.2, 0.25) is 10.0 Å². The van der Waals surface area contributed by atoms with Gasteiger partial charge in [0.1, 0.15) is 23.6 Å². The van der Waals surface area contributed by atoms with Crippen LogP contribution in [0, 0.1) is 0 Å².